The Bertz CT molecular complexity index is 335. The van der Waals surface area contributed by atoms with E-state index in [1.54, 1.807) is 14.0 Å². The number of allylic oxidation sites excluding steroid dienone is 4. The van der Waals surface area contributed by atoms with E-state index in [-0.39, 0.29) is 5.78 Å². The number of Topliss-reactive ketones (excluding diaryl/α,β-unsaturated/α-hetero) is 1. The summed E-state index contributed by atoms with van der Waals surface area (Å²) in [6.07, 6.45) is 7.82. The molecule has 0 radical (unpaired) electrons. The van der Waals surface area contributed by atoms with Crippen molar-refractivity contribution < 1.29 is 9.53 Å². The van der Waals surface area contributed by atoms with Gasteiger partial charge in [-0.3, -0.25) is 4.79 Å². The third kappa shape index (κ3) is 8.94. The zero-order chi connectivity index (χ0) is 14.0. The monoisotopic (exact) mass is 250 g/mol. The highest BCUT2D eigenvalue weighted by atomic mass is 16.5. The van der Waals surface area contributed by atoms with Crippen molar-refractivity contribution in [2.45, 2.75) is 46.5 Å². The van der Waals surface area contributed by atoms with Crippen LogP contribution in [0.4, 0.5) is 0 Å². The lowest BCUT2D eigenvalue weighted by Crippen LogP contribution is -1.98. The SMILES string of the molecule is C=C(C)C(=O)CCC(C)=CCCC(C)=CCOC. The highest BCUT2D eigenvalue weighted by Gasteiger charge is 2.02. The van der Waals surface area contributed by atoms with Gasteiger partial charge in [0.05, 0.1) is 6.61 Å². The average Bonchev–Trinajstić information content (AvgIpc) is 2.33. The van der Waals surface area contributed by atoms with E-state index in [2.05, 4.69) is 32.6 Å². The zero-order valence-corrected chi connectivity index (χ0v) is 12.2. The number of methoxy groups -OCH3 is 1. The van der Waals surface area contributed by atoms with Crippen LogP contribution in [0.2, 0.25) is 0 Å². The second kappa shape index (κ2) is 9.84. The minimum absolute atomic E-state index is 0.166. The summed E-state index contributed by atoms with van der Waals surface area (Å²) in [5.74, 6) is 0.166. The molecule has 0 saturated carbocycles. The molecule has 0 bridgehead atoms. The maximum absolute atomic E-state index is 11.4. The quantitative estimate of drug-likeness (QED) is 0.452. The van der Waals surface area contributed by atoms with Crippen LogP contribution in [0.5, 0.6) is 0 Å². The van der Waals surface area contributed by atoms with Gasteiger partial charge in [-0.05, 0) is 45.6 Å². The second-order valence-electron chi connectivity index (χ2n) is 4.80. The molecule has 0 aromatic carbocycles. The Morgan fingerprint density at radius 2 is 1.67 bits per heavy atom. The topological polar surface area (TPSA) is 26.3 Å². The van der Waals surface area contributed by atoms with Crippen molar-refractivity contribution in [2.75, 3.05) is 13.7 Å². The molecule has 0 aromatic heterocycles. The molecule has 2 nitrogen and oxygen atoms in total. The smallest absolute Gasteiger partial charge is 0.158 e. The molecule has 0 fully saturated rings. The second-order valence-corrected chi connectivity index (χ2v) is 4.80. The molecule has 0 saturated heterocycles. The fourth-order valence-corrected chi connectivity index (χ4v) is 1.50. The number of ketones is 1. The zero-order valence-electron chi connectivity index (χ0n) is 12.2. The molecule has 0 atom stereocenters. The van der Waals surface area contributed by atoms with Crippen molar-refractivity contribution in [1.82, 2.24) is 0 Å². The molecule has 0 spiro atoms. The van der Waals surface area contributed by atoms with E-state index in [9.17, 15) is 4.79 Å². The van der Waals surface area contributed by atoms with Crippen molar-refractivity contribution in [2.24, 2.45) is 0 Å². The van der Waals surface area contributed by atoms with Crippen molar-refractivity contribution in [3.05, 3.63) is 35.5 Å². The molecular formula is C16H26O2. The van der Waals surface area contributed by atoms with Crippen LogP contribution in [0.15, 0.2) is 35.5 Å². The predicted octanol–water partition coefficient (Wildman–Crippen LogP) is 4.23. The van der Waals surface area contributed by atoms with Crippen LogP contribution < -0.4 is 0 Å². The fourth-order valence-electron chi connectivity index (χ4n) is 1.50. The van der Waals surface area contributed by atoms with Gasteiger partial charge < -0.3 is 4.74 Å². The van der Waals surface area contributed by atoms with Gasteiger partial charge in [-0.2, -0.15) is 0 Å². The molecule has 0 N–H and O–H groups in total. The summed E-state index contributed by atoms with van der Waals surface area (Å²) >= 11 is 0. The highest BCUT2D eigenvalue weighted by Crippen LogP contribution is 2.11. The minimum atomic E-state index is 0.166. The Kier molecular flexibility index (Phi) is 9.21. The maximum atomic E-state index is 11.4. The van der Waals surface area contributed by atoms with Gasteiger partial charge in [0.1, 0.15) is 0 Å². The van der Waals surface area contributed by atoms with Gasteiger partial charge >= 0.3 is 0 Å². The van der Waals surface area contributed by atoms with E-state index in [4.69, 9.17) is 4.74 Å². The average molecular weight is 250 g/mol. The summed E-state index contributed by atoms with van der Waals surface area (Å²) in [6.45, 7) is 10.3. The number of hydrogen-bond acceptors (Lipinski definition) is 2. The van der Waals surface area contributed by atoms with E-state index in [1.165, 1.54) is 11.1 Å². The van der Waals surface area contributed by atoms with Gasteiger partial charge in [0, 0.05) is 13.5 Å². The number of rotatable bonds is 9. The third-order valence-electron chi connectivity index (χ3n) is 2.85. The molecule has 0 rings (SSSR count). The lowest BCUT2D eigenvalue weighted by molar-refractivity contribution is -0.115. The van der Waals surface area contributed by atoms with Gasteiger partial charge in [0.15, 0.2) is 5.78 Å². The molecule has 0 aliphatic rings. The van der Waals surface area contributed by atoms with E-state index in [0.29, 0.717) is 18.6 Å². The summed E-state index contributed by atoms with van der Waals surface area (Å²) in [5.41, 5.74) is 3.28. The molecule has 0 aliphatic carbocycles. The molecule has 102 valence electrons. The summed E-state index contributed by atoms with van der Waals surface area (Å²) in [5, 5.41) is 0. The first-order chi connectivity index (χ1) is 8.47. The first-order valence-corrected chi connectivity index (χ1v) is 6.46. The fraction of sp³-hybridized carbons (Fsp3) is 0.562. The molecule has 0 heterocycles. The summed E-state index contributed by atoms with van der Waals surface area (Å²) < 4.78 is 4.99. The van der Waals surface area contributed by atoms with E-state index >= 15 is 0 Å². The lowest BCUT2D eigenvalue weighted by atomic mass is 10.0. The van der Waals surface area contributed by atoms with Crippen LogP contribution >= 0.6 is 0 Å². The van der Waals surface area contributed by atoms with Gasteiger partial charge in [-0.15, -0.1) is 0 Å². The minimum Gasteiger partial charge on any atom is -0.381 e. The van der Waals surface area contributed by atoms with Crippen LogP contribution in [-0.2, 0) is 9.53 Å². The Morgan fingerprint density at radius 3 is 2.22 bits per heavy atom. The molecule has 0 amide bonds. The van der Waals surface area contributed by atoms with Crippen molar-refractivity contribution >= 4 is 5.78 Å². The Morgan fingerprint density at radius 1 is 1.06 bits per heavy atom. The normalized spacial score (nSPS) is 12.7. The largest absolute Gasteiger partial charge is 0.381 e. The number of hydrogen-bond donors (Lipinski definition) is 0. The number of carbonyl (C=O) groups excluding carboxylic acids is 1. The van der Waals surface area contributed by atoms with Crippen molar-refractivity contribution in [3.63, 3.8) is 0 Å². The Labute approximate surface area is 111 Å². The van der Waals surface area contributed by atoms with Crippen LogP contribution in [0.25, 0.3) is 0 Å². The van der Waals surface area contributed by atoms with Crippen molar-refractivity contribution in [1.29, 1.82) is 0 Å². The number of carbonyl (C=O) groups is 1. The highest BCUT2D eigenvalue weighted by molar-refractivity contribution is 5.94. The molecule has 0 aromatic rings. The number of ether oxygens (including phenoxy) is 1. The van der Waals surface area contributed by atoms with Crippen LogP contribution in [0, 0.1) is 0 Å². The van der Waals surface area contributed by atoms with E-state index in [0.717, 1.165) is 19.3 Å². The van der Waals surface area contributed by atoms with Gasteiger partial charge in [-0.25, -0.2) is 0 Å². The lowest BCUT2D eigenvalue weighted by Gasteiger charge is -2.02. The van der Waals surface area contributed by atoms with Gasteiger partial charge in [0.2, 0.25) is 0 Å². The van der Waals surface area contributed by atoms with Crippen molar-refractivity contribution in [3.8, 4) is 0 Å². The standard InChI is InChI=1S/C16H26O2/c1-13(2)16(17)10-9-14(3)7-6-8-15(4)11-12-18-5/h7,11H,1,6,8-10,12H2,2-5H3. The molecule has 18 heavy (non-hydrogen) atoms. The van der Waals surface area contributed by atoms with E-state index in [1.807, 2.05) is 0 Å². The van der Waals surface area contributed by atoms with Gasteiger partial charge in [-0.1, -0.05) is 29.9 Å². The predicted molar refractivity (Wildman–Crippen MR) is 77.7 cm³/mol. The maximum Gasteiger partial charge on any atom is 0.158 e. The van der Waals surface area contributed by atoms with Crippen LogP contribution in [0.3, 0.4) is 0 Å². The Hall–Kier alpha value is -1.15. The Balaban J connectivity index is 3.91. The van der Waals surface area contributed by atoms with Crippen LogP contribution in [-0.4, -0.2) is 19.5 Å². The summed E-state index contributed by atoms with van der Waals surface area (Å²) in [7, 11) is 1.70. The first-order valence-electron chi connectivity index (χ1n) is 6.46. The molecule has 2 heteroatoms. The summed E-state index contributed by atoms with van der Waals surface area (Å²) in [6, 6.07) is 0. The molecule has 0 unspecified atom stereocenters. The van der Waals surface area contributed by atoms with Gasteiger partial charge in [0.25, 0.3) is 0 Å². The molecular weight excluding hydrogens is 224 g/mol. The van der Waals surface area contributed by atoms with E-state index < -0.39 is 0 Å². The first kappa shape index (κ1) is 16.9. The molecule has 0 aliphatic heterocycles. The van der Waals surface area contributed by atoms with Crippen LogP contribution in [0.1, 0.15) is 46.5 Å². The summed E-state index contributed by atoms with van der Waals surface area (Å²) in [4.78, 5) is 11.4. The third-order valence-corrected chi connectivity index (χ3v) is 2.85.